The lowest BCUT2D eigenvalue weighted by atomic mass is 10.1. The van der Waals surface area contributed by atoms with E-state index in [1.165, 1.54) is 0 Å². The van der Waals surface area contributed by atoms with Crippen molar-refractivity contribution in [3.8, 4) is 0 Å². The third-order valence-electron chi connectivity index (χ3n) is 2.46. The summed E-state index contributed by atoms with van der Waals surface area (Å²) in [5.74, 6) is 0.0342. The van der Waals surface area contributed by atoms with Crippen LogP contribution in [0, 0.1) is 0 Å². The summed E-state index contributed by atoms with van der Waals surface area (Å²) in [6.07, 6.45) is 3.23. The van der Waals surface area contributed by atoms with Gasteiger partial charge in [-0.05, 0) is 18.6 Å². The van der Waals surface area contributed by atoms with Gasteiger partial charge in [0.05, 0.1) is 0 Å². The van der Waals surface area contributed by atoms with E-state index in [-0.39, 0.29) is 11.7 Å². The van der Waals surface area contributed by atoms with Gasteiger partial charge in [0.15, 0.2) is 5.69 Å². The maximum Gasteiger partial charge on any atom is 0.269 e. The van der Waals surface area contributed by atoms with E-state index in [2.05, 4.69) is 22.4 Å². The average Bonchev–Trinajstić information content (AvgIpc) is 2.35. The Morgan fingerprint density at radius 3 is 2.71 bits per heavy atom. The second-order valence-corrected chi connectivity index (χ2v) is 3.89. The van der Waals surface area contributed by atoms with Crippen molar-refractivity contribution in [2.75, 3.05) is 11.9 Å². The molecule has 17 heavy (non-hydrogen) atoms. The molecule has 1 aromatic rings. The van der Waals surface area contributed by atoms with E-state index in [0.29, 0.717) is 12.4 Å². The molecule has 0 aromatic carbocycles. The fourth-order valence-electron chi connectivity index (χ4n) is 1.45. The topological polar surface area (TPSA) is 107 Å². The first kappa shape index (κ1) is 13.4. The summed E-state index contributed by atoms with van der Waals surface area (Å²) >= 11 is 0. The van der Waals surface area contributed by atoms with Crippen molar-refractivity contribution in [2.24, 2.45) is 11.5 Å². The van der Waals surface area contributed by atoms with Gasteiger partial charge in [-0.25, -0.2) is 0 Å². The number of carbonyl (C=O) groups is 1. The highest BCUT2D eigenvalue weighted by molar-refractivity contribution is 5.90. The molecular weight excluding hydrogens is 218 g/mol. The average molecular weight is 237 g/mol. The van der Waals surface area contributed by atoms with E-state index in [0.717, 1.165) is 19.3 Å². The minimum atomic E-state index is -0.578. The zero-order valence-electron chi connectivity index (χ0n) is 10.0. The van der Waals surface area contributed by atoms with Crippen LogP contribution in [0.2, 0.25) is 0 Å². The van der Waals surface area contributed by atoms with Gasteiger partial charge in [-0.2, -0.15) is 0 Å². The van der Waals surface area contributed by atoms with Crippen LogP contribution in [0.15, 0.2) is 12.1 Å². The number of primary amides is 1. The van der Waals surface area contributed by atoms with Crippen LogP contribution in [0.5, 0.6) is 0 Å². The summed E-state index contributed by atoms with van der Waals surface area (Å²) in [5, 5.41) is 10.8. The van der Waals surface area contributed by atoms with Crippen molar-refractivity contribution in [3.05, 3.63) is 17.8 Å². The van der Waals surface area contributed by atoms with Crippen molar-refractivity contribution in [3.63, 3.8) is 0 Å². The molecule has 0 aliphatic rings. The SMILES string of the molecule is CCCCC(CN)Nc1ccc(C(N)=O)nn1. The van der Waals surface area contributed by atoms with Crippen LogP contribution in [0.25, 0.3) is 0 Å². The fraction of sp³-hybridized carbons (Fsp3) is 0.545. The zero-order valence-corrected chi connectivity index (χ0v) is 10.0. The molecule has 0 saturated carbocycles. The molecule has 0 spiro atoms. The predicted octanol–water partition coefficient (Wildman–Crippen LogP) is 0.505. The summed E-state index contributed by atoms with van der Waals surface area (Å²) in [7, 11) is 0. The van der Waals surface area contributed by atoms with Gasteiger partial charge in [-0.15, -0.1) is 10.2 Å². The third-order valence-corrected chi connectivity index (χ3v) is 2.46. The lowest BCUT2D eigenvalue weighted by Gasteiger charge is -2.16. The van der Waals surface area contributed by atoms with Crippen LogP contribution >= 0.6 is 0 Å². The second kappa shape index (κ2) is 6.80. The van der Waals surface area contributed by atoms with Gasteiger partial charge in [-0.1, -0.05) is 19.8 Å². The first-order valence-corrected chi connectivity index (χ1v) is 5.77. The fourth-order valence-corrected chi connectivity index (χ4v) is 1.45. The molecule has 1 rings (SSSR count). The van der Waals surface area contributed by atoms with Gasteiger partial charge in [0.2, 0.25) is 0 Å². The molecule has 0 saturated heterocycles. The minimum absolute atomic E-state index is 0.161. The number of unbranched alkanes of at least 4 members (excludes halogenated alkanes) is 1. The Balaban J connectivity index is 2.57. The molecule has 6 heteroatoms. The smallest absolute Gasteiger partial charge is 0.269 e. The molecule has 94 valence electrons. The summed E-state index contributed by atoms with van der Waals surface area (Å²) in [6, 6.07) is 3.41. The van der Waals surface area contributed by atoms with Crippen molar-refractivity contribution >= 4 is 11.7 Å². The molecular formula is C11H19N5O. The molecule has 0 bridgehead atoms. The number of hydrogen-bond acceptors (Lipinski definition) is 5. The Kier molecular flexibility index (Phi) is 5.35. The van der Waals surface area contributed by atoms with E-state index in [4.69, 9.17) is 11.5 Å². The minimum Gasteiger partial charge on any atom is -0.365 e. The predicted molar refractivity (Wildman–Crippen MR) is 66.5 cm³/mol. The molecule has 1 aromatic heterocycles. The Morgan fingerprint density at radius 1 is 1.47 bits per heavy atom. The van der Waals surface area contributed by atoms with Crippen molar-refractivity contribution in [1.29, 1.82) is 0 Å². The Hall–Kier alpha value is -1.69. The Bertz CT molecular complexity index is 351. The number of carbonyl (C=O) groups excluding carboxylic acids is 1. The molecule has 6 nitrogen and oxygen atoms in total. The number of aromatic nitrogens is 2. The summed E-state index contributed by atoms with van der Waals surface area (Å²) in [6.45, 7) is 2.67. The quantitative estimate of drug-likeness (QED) is 0.640. The van der Waals surface area contributed by atoms with E-state index in [1.54, 1.807) is 12.1 Å². The summed E-state index contributed by atoms with van der Waals surface area (Å²) in [5.41, 5.74) is 10.9. The lowest BCUT2D eigenvalue weighted by molar-refractivity contribution is 0.0994. The number of rotatable bonds is 7. The lowest BCUT2D eigenvalue weighted by Crippen LogP contribution is -2.29. The van der Waals surface area contributed by atoms with Crippen molar-refractivity contribution < 1.29 is 4.79 Å². The maximum atomic E-state index is 10.8. The Morgan fingerprint density at radius 2 is 2.24 bits per heavy atom. The number of nitrogens with zero attached hydrogens (tertiary/aromatic N) is 2. The highest BCUT2D eigenvalue weighted by atomic mass is 16.1. The molecule has 1 unspecified atom stereocenters. The van der Waals surface area contributed by atoms with Crippen LogP contribution in [0.3, 0.4) is 0 Å². The van der Waals surface area contributed by atoms with Gasteiger partial charge < -0.3 is 16.8 Å². The number of nitrogens with two attached hydrogens (primary N) is 2. The monoisotopic (exact) mass is 237 g/mol. The number of amides is 1. The molecule has 5 N–H and O–H groups in total. The standard InChI is InChI=1S/C11H19N5O/c1-2-3-4-8(7-12)14-10-6-5-9(11(13)17)15-16-10/h5-6,8H,2-4,7,12H2,1H3,(H2,13,17)(H,14,16). The first-order valence-electron chi connectivity index (χ1n) is 5.77. The van der Waals surface area contributed by atoms with E-state index < -0.39 is 5.91 Å². The van der Waals surface area contributed by atoms with Gasteiger partial charge in [0, 0.05) is 12.6 Å². The third kappa shape index (κ3) is 4.36. The highest BCUT2D eigenvalue weighted by Crippen LogP contribution is 2.07. The van der Waals surface area contributed by atoms with Crippen LogP contribution < -0.4 is 16.8 Å². The molecule has 0 radical (unpaired) electrons. The summed E-state index contributed by atoms with van der Waals surface area (Å²) in [4.78, 5) is 10.8. The summed E-state index contributed by atoms with van der Waals surface area (Å²) < 4.78 is 0. The van der Waals surface area contributed by atoms with Gasteiger partial charge >= 0.3 is 0 Å². The van der Waals surface area contributed by atoms with Crippen molar-refractivity contribution in [2.45, 2.75) is 32.2 Å². The van der Waals surface area contributed by atoms with Crippen LogP contribution in [-0.4, -0.2) is 28.7 Å². The maximum absolute atomic E-state index is 10.8. The van der Waals surface area contributed by atoms with E-state index in [1.807, 2.05) is 0 Å². The molecule has 1 heterocycles. The molecule has 1 atom stereocenters. The molecule has 0 fully saturated rings. The Labute approximate surface area is 101 Å². The zero-order chi connectivity index (χ0) is 12.7. The van der Waals surface area contributed by atoms with Crippen LogP contribution in [0.4, 0.5) is 5.82 Å². The van der Waals surface area contributed by atoms with Crippen LogP contribution in [0.1, 0.15) is 36.7 Å². The van der Waals surface area contributed by atoms with Gasteiger partial charge in [0.25, 0.3) is 5.91 Å². The second-order valence-electron chi connectivity index (χ2n) is 3.89. The normalized spacial score (nSPS) is 12.1. The first-order chi connectivity index (χ1) is 8.17. The number of nitrogens with one attached hydrogen (secondary N) is 1. The molecule has 0 aliphatic carbocycles. The molecule has 1 amide bonds. The van der Waals surface area contributed by atoms with E-state index >= 15 is 0 Å². The van der Waals surface area contributed by atoms with E-state index in [9.17, 15) is 4.79 Å². The largest absolute Gasteiger partial charge is 0.365 e. The highest BCUT2D eigenvalue weighted by Gasteiger charge is 2.08. The van der Waals surface area contributed by atoms with Crippen LogP contribution in [-0.2, 0) is 0 Å². The number of hydrogen-bond donors (Lipinski definition) is 3. The van der Waals surface area contributed by atoms with Gasteiger partial charge in [0.1, 0.15) is 5.82 Å². The molecule has 0 aliphatic heterocycles. The van der Waals surface area contributed by atoms with Crippen molar-refractivity contribution in [1.82, 2.24) is 10.2 Å². The van der Waals surface area contributed by atoms with Gasteiger partial charge in [-0.3, -0.25) is 4.79 Å². The number of anilines is 1.